The Hall–Kier alpha value is -1.09. The molecule has 0 spiro atoms. The maximum atomic E-state index is 13.0. The lowest BCUT2D eigenvalue weighted by Gasteiger charge is -2.10. The quantitative estimate of drug-likeness (QED) is 0.763. The van der Waals surface area contributed by atoms with Crippen LogP contribution in [-0.4, -0.2) is 19.8 Å². The van der Waals surface area contributed by atoms with Crippen molar-refractivity contribution in [1.82, 2.24) is 0 Å². The Bertz CT molecular complexity index is 332. The van der Waals surface area contributed by atoms with Crippen LogP contribution in [0.5, 0.6) is 5.75 Å². The van der Waals surface area contributed by atoms with Crippen LogP contribution in [0.3, 0.4) is 0 Å². The zero-order chi connectivity index (χ0) is 10.7. The van der Waals surface area contributed by atoms with E-state index >= 15 is 0 Å². The van der Waals surface area contributed by atoms with Gasteiger partial charge in [0.15, 0.2) is 0 Å². The topological polar surface area (TPSA) is 18.5 Å². The molecular formula is C12H15FO2. The van der Waals surface area contributed by atoms with Crippen LogP contribution in [-0.2, 0) is 4.74 Å². The van der Waals surface area contributed by atoms with Gasteiger partial charge in [0, 0.05) is 12.5 Å². The summed E-state index contributed by atoms with van der Waals surface area (Å²) in [6, 6.07) is 4.83. The number of ether oxygens (including phenoxy) is 2. The highest BCUT2D eigenvalue weighted by atomic mass is 19.1. The summed E-state index contributed by atoms with van der Waals surface area (Å²) < 4.78 is 23.8. The molecule has 0 bridgehead atoms. The Morgan fingerprint density at radius 2 is 2.40 bits per heavy atom. The number of hydrogen-bond acceptors (Lipinski definition) is 2. The highest BCUT2D eigenvalue weighted by molar-refractivity contribution is 5.28. The third-order valence-corrected chi connectivity index (χ3v) is 2.64. The molecule has 0 aliphatic carbocycles. The summed E-state index contributed by atoms with van der Waals surface area (Å²) in [5.74, 6) is 1.03. The van der Waals surface area contributed by atoms with Gasteiger partial charge in [-0.25, -0.2) is 4.39 Å². The molecule has 1 unspecified atom stereocenters. The first-order valence-corrected chi connectivity index (χ1v) is 5.22. The minimum Gasteiger partial charge on any atom is -0.493 e. The van der Waals surface area contributed by atoms with Crippen molar-refractivity contribution < 1.29 is 13.9 Å². The fraction of sp³-hybridized carbons (Fsp3) is 0.500. The zero-order valence-corrected chi connectivity index (χ0v) is 8.83. The van der Waals surface area contributed by atoms with E-state index in [4.69, 9.17) is 9.47 Å². The van der Waals surface area contributed by atoms with Crippen molar-refractivity contribution in [2.45, 2.75) is 13.3 Å². The number of hydrogen-bond donors (Lipinski definition) is 0. The van der Waals surface area contributed by atoms with Crippen molar-refractivity contribution in [3.63, 3.8) is 0 Å². The molecule has 0 radical (unpaired) electrons. The number of halogens is 1. The van der Waals surface area contributed by atoms with Crippen LogP contribution in [0.15, 0.2) is 18.2 Å². The molecule has 1 fully saturated rings. The van der Waals surface area contributed by atoms with E-state index in [-0.39, 0.29) is 5.82 Å². The van der Waals surface area contributed by atoms with E-state index in [1.54, 1.807) is 19.1 Å². The first-order valence-electron chi connectivity index (χ1n) is 5.22. The summed E-state index contributed by atoms with van der Waals surface area (Å²) in [5.41, 5.74) is 0.621. The molecule has 0 aromatic heterocycles. The summed E-state index contributed by atoms with van der Waals surface area (Å²) >= 11 is 0. The van der Waals surface area contributed by atoms with Crippen molar-refractivity contribution >= 4 is 0 Å². The minimum atomic E-state index is -0.188. The van der Waals surface area contributed by atoms with E-state index in [9.17, 15) is 4.39 Å². The van der Waals surface area contributed by atoms with Gasteiger partial charge in [0.25, 0.3) is 0 Å². The SMILES string of the molecule is Cc1cc(OCC2CCOC2)ccc1F. The van der Waals surface area contributed by atoms with Gasteiger partial charge in [-0.2, -0.15) is 0 Å². The van der Waals surface area contributed by atoms with Crippen LogP contribution >= 0.6 is 0 Å². The molecule has 1 aliphatic heterocycles. The van der Waals surface area contributed by atoms with Gasteiger partial charge < -0.3 is 9.47 Å². The largest absolute Gasteiger partial charge is 0.493 e. The Morgan fingerprint density at radius 1 is 1.53 bits per heavy atom. The maximum absolute atomic E-state index is 13.0. The molecule has 3 heteroatoms. The van der Waals surface area contributed by atoms with E-state index in [2.05, 4.69) is 0 Å². The Labute approximate surface area is 89.0 Å². The van der Waals surface area contributed by atoms with Crippen LogP contribution in [0.4, 0.5) is 4.39 Å². The Morgan fingerprint density at radius 3 is 3.07 bits per heavy atom. The minimum absolute atomic E-state index is 0.188. The van der Waals surface area contributed by atoms with Gasteiger partial charge in [-0.1, -0.05) is 0 Å². The van der Waals surface area contributed by atoms with Crippen molar-refractivity contribution in [2.75, 3.05) is 19.8 Å². The monoisotopic (exact) mass is 210 g/mol. The molecule has 1 atom stereocenters. The molecule has 1 heterocycles. The Balaban J connectivity index is 1.90. The summed E-state index contributed by atoms with van der Waals surface area (Å²) in [7, 11) is 0. The van der Waals surface area contributed by atoms with Crippen LogP contribution in [0.25, 0.3) is 0 Å². The van der Waals surface area contributed by atoms with Crippen molar-refractivity contribution in [3.05, 3.63) is 29.6 Å². The second kappa shape index (κ2) is 4.62. The zero-order valence-electron chi connectivity index (χ0n) is 8.83. The fourth-order valence-corrected chi connectivity index (χ4v) is 1.64. The lowest BCUT2D eigenvalue weighted by molar-refractivity contribution is 0.167. The molecule has 15 heavy (non-hydrogen) atoms. The van der Waals surface area contributed by atoms with Crippen molar-refractivity contribution in [3.8, 4) is 5.75 Å². The lowest BCUT2D eigenvalue weighted by atomic mass is 10.1. The molecular weight excluding hydrogens is 195 g/mol. The molecule has 0 N–H and O–H groups in total. The maximum Gasteiger partial charge on any atom is 0.126 e. The summed E-state index contributed by atoms with van der Waals surface area (Å²) in [6.45, 7) is 4.00. The molecule has 1 aromatic carbocycles. The fourth-order valence-electron chi connectivity index (χ4n) is 1.64. The first-order chi connectivity index (χ1) is 7.25. The van der Waals surface area contributed by atoms with Gasteiger partial charge in [0.2, 0.25) is 0 Å². The molecule has 0 amide bonds. The van der Waals surface area contributed by atoms with E-state index in [0.29, 0.717) is 18.1 Å². The number of rotatable bonds is 3. The summed E-state index contributed by atoms with van der Waals surface area (Å²) in [4.78, 5) is 0. The highest BCUT2D eigenvalue weighted by Gasteiger charge is 2.16. The normalized spacial score (nSPS) is 20.5. The smallest absolute Gasteiger partial charge is 0.126 e. The van der Waals surface area contributed by atoms with Gasteiger partial charge in [-0.15, -0.1) is 0 Å². The van der Waals surface area contributed by atoms with Gasteiger partial charge in [0.1, 0.15) is 11.6 Å². The average Bonchev–Trinajstić information content (AvgIpc) is 2.73. The predicted octanol–water partition coefficient (Wildman–Crippen LogP) is 2.55. The lowest BCUT2D eigenvalue weighted by Crippen LogP contribution is -2.11. The molecule has 1 saturated heterocycles. The molecule has 2 rings (SSSR count). The van der Waals surface area contributed by atoms with E-state index in [1.807, 2.05) is 0 Å². The Kier molecular flexibility index (Phi) is 3.21. The average molecular weight is 210 g/mol. The second-order valence-corrected chi connectivity index (χ2v) is 3.95. The van der Waals surface area contributed by atoms with Gasteiger partial charge in [-0.05, 0) is 37.1 Å². The van der Waals surface area contributed by atoms with Gasteiger partial charge >= 0.3 is 0 Å². The summed E-state index contributed by atoms with van der Waals surface area (Å²) in [6.07, 6.45) is 1.06. The number of benzene rings is 1. The summed E-state index contributed by atoms with van der Waals surface area (Å²) in [5, 5.41) is 0. The molecule has 0 saturated carbocycles. The van der Waals surface area contributed by atoms with Gasteiger partial charge in [0.05, 0.1) is 13.2 Å². The molecule has 1 aliphatic rings. The standard InChI is InChI=1S/C12H15FO2/c1-9-6-11(2-3-12(9)13)15-8-10-4-5-14-7-10/h2-3,6,10H,4-5,7-8H2,1H3. The van der Waals surface area contributed by atoms with E-state index < -0.39 is 0 Å². The third-order valence-electron chi connectivity index (χ3n) is 2.64. The van der Waals surface area contributed by atoms with Crippen molar-refractivity contribution in [2.24, 2.45) is 5.92 Å². The molecule has 2 nitrogen and oxygen atoms in total. The van der Waals surface area contributed by atoms with Crippen molar-refractivity contribution in [1.29, 1.82) is 0 Å². The van der Waals surface area contributed by atoms with Crippen LogP contribution in [0, 0.1) is 18.7 Å². The van der Waals surface area contributed by atoms with Gasteiger partial charge in [-0.3, -0.25) is 0 Å². The first kappa shape index (κ1) is 10.4. The third kappa shape index (κ3) is 2.69. The molecule has 82 valence electrons. The molecule has 1 aromatic rings. The van der Waals surface area contributed by atoms with E-state index in [0.717, 1.165) is 25.4 Å². The number of aryl methyl sites for hydroxylation is 1. The highest BCUT2D eigenvalue weighted by Crippen LogP contribution is 2.18. The van der Waals surface area contributed by atoms with Crippen LogP contribution < -0.4 is 4.74 Å². The van der Waals surface area contributed by atoms with E-state index in [1.165, 1.54) is 6.07 Å². The predicted molar refractivity (Wildman–Crippen MR) is 55.6 cm³/mol. The van der Waals surface area contributed by atoms with Crippen LogP contribution in [0.1, 0.15) is 12.0 Å². The second-order valence-electron chi connectivity index (χ2n) is 3.95. The van der Waals surface area contributed by atoms with Crippen LogP contribution in [0.2, 0.25) is 0 Å².